The lowest BCUT2D eigenvalue weighted by molar-refractivity contribution is -0.137. The summed E-state index contributed by atoms with van der Waals surface area (Å²) in [4.78, 5) is 32.3. The Bertz CT molecular complexity index is 1170. The molecule has 0 unspecified atom stereocenters. The molecular formula is C25H23N3O3. The third-order valence-corrected chi connectivity index (χ3v) is 5.08. The van der Waals surface area contributed by atoms with E-state index in [1.807, 2.05) is 44.2 Å². The lowest BCUT2D eigenvalue weighted by Crippen LogP contribution is -2.32. The Kier molecular flexibility index (Phi) is 5.54. The Morgan fingerprint density at radius 3 is 2.32 bits per heavy atom. The van der Waals surface area contributed by atoms with Gasteiger partial charge in [-0.2, -0.15) is 0 Å². The first-order valence-electron chi connectivity index (χ1n) is 9.97. The van der Waals surface area contributed by atoms with Gasteiger partial charge in [0.05, 0.1) is 24.9 Å². The number of benzene rings is 2. The van der Waals surface area contributed by atoms with Crippen LogP contribution in [0.25, 0.3) is 5.57 Å². The van der Waals surface area contributed by atoms with Crippen molar-refractivity contribution in [2.75, 3.05) is 12.4 Å². The van der Waals surface area contributed by atoms with Crippen LogP contribution in [0.4, 0.5) is 5.69 Å². The molecule has 0 saturated heterocycles. The first kappa shape index (κ1) is 20.3. The van der Waals surface area contributed by atoms with Crippen molar-refractivity contribution < 1.29 is 14.3 Å². The Hall–Kier alpha value is -3.93. The number of amides is 2. The summed E-state index contributed by atoms with van der Waals surface area (Å²) in [5.41, 5.74) is 4.59. The number of para-hydroxylation sites is 1. The summed E-state index contributed by atoms with van der Waals surface area (Å²) in [7, 11) is 1.54. The third kappa shape index (κ3) is 4.05. The summed E-state index contributed by atoms with van der Waals surface area (Å²) in [6.07, 6.45) is 1.64. The Morgan fingerprint density at radius 1 is 0.935 bits per heavy atom. The summed E-state index contributed by atoms with van der Waals surface area (Å²) in [5, 5.41) is 3.21. The second kappa shape index (κ2) is 8.44. The Balaban J connectivity index is 1.80. The lowest BCUT2D eigenvalue weighted by Gasteiger charge is -2.15. The van der Waals surface area contributed by atoms with Gasteiger partial charge in [-0.3, -0.25) is 19.5 Å². The van der Waals surface area contributed by atoms with Crippen LogP contribution in [0.3, 0.4) is 0 Å². The molecule has 2 amide bonds. The number of methoxy groups -OCH3 is 1. The standard InChI is InChI=1S/C25H23N3O3/c1-16-12-17(2)14-19(13-16)27-23-22(20-9-4-5-10-21(20)31-3)24(29)28(25(23)30)15-18-8-6-7-11-26-18/h4-14,27H,15H2,1-3H3. The van der Waals surface area contributed by atoms with E-state index < -0.39 is 5.91 Å². The average Bonchev–Trinajstić information content (AvgIpc) is 2.98. The molecule has 0 spiro atoms. The fraction of sp³-hybridized carbons (Fsp3) is 0.160. The molecule has 0 aliphatic carbocycles. The lowest BCUT2D eigenvalue weighted by atomic mass is 10.0. The maximum Gasteiger partial charge on any atom is 0.278 e. The molecule has 6 heteroatoms. The SMILES string of the molecule is COc1ccccc1C1=C(Nc2cc(C)cc(C)c2)C(=O)N(Cc2ccccn2)C1=O. The number of anilines is 1. The zero-order valence-corrected chi connectivity index (χ0v) is 17.7. The van der Waals surface area contributed by atoms with Crippen molar-refractivity contribution in [2.45, 2.75) is 20.4 Å². The van der Waals surface area contributed by atoms with Crippen LogP contribution in [0.1, 0.15) is 22.4 Å². The number of hydrogen-bond donors (Lipinski definition) is 1. The van der Waals surface area contributed by atoms with E-state index >= 15 is 0 Å². The van der Waals surface area contributed by atoms with Gasteiger partial charge in [0.25, 0.3) is 11.8 Å². The zero-order chi connectivity index (χ0) is 22.0. The molecule has 2 heterocycles. The van der Waals surface area contributed by atoms with Crippen molar-refractivity contribution >= 4 is 23.1 Å². The summed E-state index contributed by atoms with van der Waals surface area (Å²) in [6.45, 7) is 4.07. The molecule has 31 heavy (non-hydrogen) atoms. The fourth-order valence-electron chi connectivity index (χ4n) is 3.78. The molecule has 1 aromatic heterocycles. The normalized spacial score (nSPS) is 13.7. The van der Waals surface area contributed by atoms with E-state index in [2.05, 4.69) is 16.4 Å². The highest BCUT2D eigenvalue weighted by atomic mass is 16.5. The molecule has 2 aromatic carbocycles. The quantitative estimate of drug-likeness (QED) is 0.616. The van der Waals surface area contributed by atoms with E-state index in [0.29, 0.717) is 17.0 Å². The molecule has 0 atom stereocenters. The smallest absolute Gasteiger partial charge is 0.278 e. The highest BCUT2D eigenvalue weighted by Gasteiger charge is 2.40. The van der Waals surface area contributed by atoms with Gasteiger partial charge in [0.2, 0.25) is 0 Å². The molecule has 4 rings (SSSR count). The van der Waals surface area contributed by atoms with Gasteiger partial charge in [-0.1, -0.05) is 30.3 Å². The van der Waals surface area contributed by atoms with Crippen molar-refractivity contribution in [3.63, 3.8) is 0 Å². The number of aromatic nitrogens is 1. The van der Waals surface area contributed by atoms with Crippen molar-refractivity contribution in [3.05, 3.63) is 94.9 Å². The van der Waals surface area contributed by atoms with E-state index in [9.17, 15) is 9.59 Å². The predicted molar refractivity (Wildman–Crippen MR) is 119 cm³/mol. The van der Waals surface area contributed by atoms with Crippen LogP contribution in [-0.2, 0) is 16.1 Å². The number of hydrogen-bond acceptors (Lipinski definition) is 5. The van der Waals surface area contributed by atoms with Crippen molar-refractivity contribution in [2.24, 2.45) is 0 Å². The number of carbonyl (C=O) groups excluding carboxylic acids is 2. The Labute approximate surface area is 181 Å². The Morgan fingerprint density at radius 2 is 1.65 bits per heavy atom. The molecule has 156 valence electrons. The van der Waals surface area contributed by atoms with E-state index in [-0.39, 0.29) is 23.7 Å². The zero-order valence-electron chi connectivity index (χ0n) is 17.7. The van der Waals surface area contributed by atoms with E-state index in [4.69, 9.17) is 4.74 Å². The van der Waals surface area contributed by atoms with Gasteiger partial charge in [-0.25, -0.2) is 0 Å². The van der Waals surface area contributed by atoms with Gasteiger partial charge in [0.1, 0.15) is 11.4 Å². The second-order valence-electron chi connectivity index (χ2n) is 7.47. The van der Waals surface area contributed by atoms with Gasteiger partial charge < -0.3 is 10.1 Å². The maximum atomic E-state index is 13.4. The monoisotopic (exact) mass is 413 g/mol. The molecule has 6 nitrogen and oxygen atoms in total. The van der Waals surface area contributed by atoms with Gasteiger partial charge >= 0.3 is 0 Å². The van der Waals surface area contributed by atoms with Crippen LogP contribution < -0.4 is 10.1 Å². The van der Waals surface area contributed by atoms with Crippen LogP contribution in [0.2, 0.25) is 0 Å². The molecule has 3 aromatic rings. The number of ether oxygens (including phenoxy) is 1. The van der Waals surface area contributed by atoms with Gasteiger partial charge in [0, 0.05) is 17.4 Å². The molecular weight excluding hydrogens is 390 g/mol. The molecule has 1 aliphatic heterocycles. The first-order valence-corrected chi connectivity index (χ1v) is 9.97. The van der Waals surface area contributed by atoms with Crippen molar-refractivity contribution in [1.82, 2.24) is 9.88 Å². The minimum absolute atomic E-state index is 0.0924. The summed E-state index contributed by atoms with van der Waals surface area (Å²) in [6, 6.07) is 18.6. The van der Waals surface area contributed by atoms with Crippen LogP contribution in [0, 0.1) is 13.8 Å². The molecule has 0 saturated carbocycles. The fourth-order valence-corrected chi connectivity index (χ4v) is 3.78. The number of pyridine rings is 1. The highest BCUT2D eigenvalue weighted by molar-refractivity contribution is 6.36. The molecule has 0 radical (unpaired) electrons. The topological polar surface area (TPSA) is 71.5 Å². The molecule has 1 aliphatic rings. The highest BCUT2D eigenvalue weighted by Crippen LogP contribution is 2.36. The van der Waals surface area contributed by atoms with Gasteiger partial charge in [0.15, 0.2) is 0 Å². The largest absolute Gasteiger partial charge is 0.496 e. The van der Waals surface area contributed by atoms with Crippen molar-refractivity contribution in [3.8, 4) is 5.75 Å². The number of rotatable bonds is 6. The van der Waals surface area contributed by atoms with Crippen LogP contribution in [0.5, 0.6) is 5.75 Å². The average molecular weight is 413 g/mol. The predicted octanol–water partition coefficient (Wildman–Crippen LogP) is 4.10. The summed E-state index contributed by atoms with van der Waals surface area (Å²) in [5.74, 6) is -0.249. The van der Waals surface area contributed by atoms with E-state index in [1.165, 1.54) is 4.90 Å². The van der Waals surface area contributed by atoms with Crippen molar-refractivity contribution in [1.29, 1.82) is 0 Å². The van der Waals surface area contributed by atoms with Crippen LogP contribution >= 0.6 is 0 Å². The number of carbonyl (C=O) groups is 2. The first-order chi connectivity index (χ1) is 15.0. The number of nitrogens with zero attached hydrogens (tertiary/aromatic N) is 2. The summed E-state index contributed by atoms with van der Waals surface area (Å²) < 4.78 is 5.48. The molecule has 0 fully saturated rings. The second-order valence-corrected chi connectivity index (χ2v) is 7.47. The third-order valence-electron chi connectivity index (χ3n) is 5.08. The van der Waals surface area contributed by atoms with Gasteiger partial charge in [-0.15, -0.1) is 0 Å². The number of imide groups is 1. The number of aryl methyl sites for hydroxylation is 2. The summed E-state index contributed by atoms with van der Waals surface area (Å²) >= 11 is 0. The number of nitrogens with one attached hydrogen (secondary N) is 1. The van der Waals surface area contributed by atoms with Crippen LogP contribution in [0.15, 0.2) is 72.6 Å². The minimum atomic E-state index is -0.393. The maximum absolute atomic E-state index is 13.4. The van der Waals surface area contributed by atoms with E-state index in [0.717, 1.165) is 16.8 Å². The molecule has 1 N–H and O–H groups in total. The van der Waals surface area contributed by atoms with E-state index in [1.54, 1.807) is 37.6 Å². The van der Waals surface area contributed by atoms with Gasteiger partial charge in [-0.05, 0) is 55.3 Å². The minimum Gasteiger partial charge on any atom is -0.496 e. The molecule has 0 bridgehead atoms. The van der Waals surface area contributed by atoms with Crippen LogP contribution in [-0.4, -0.2) is 28.8 Å².